The first kappa shape index (κ1) is 29.5. The number of aromatic nitrogens is 2. The molecule has 1 aliphatic rings. The number of nitrogens with one attached hydrogen (secondary N) is 1. The number of phenols is 1. The van der Waals surface area contributed by atoms with Gasteiger partial charge in [-0.25, -0.2) is 0 Å². The third-order valence-corrected chi connectivity index (χ3v) is 6.73. The number of rotatable bonds is 6. The minimum atomic E-state index is -6.23. The quantitative estimate of drug-likeness (QED) is 0.288. The van der Waals surface area contributed by atoms with Crippen molar-refractivity contribution in [3.05, 3.63) is 24.3 Å². The van der Waals surface area contributed by atoms with Gasteiger partial charge in [-0.2, -0.15) is 21.6 Å². The number of phenolic OH excluding ortho intramolecular Hbond substituents is 1. The molecule has 3 rings (SSSR count). The Kier molecular flexibility index (Phi) is 7.48. The van der Waals surface area contributed by atoms with E-state index in [9.17, 15) is 39.9 Å². The fourth-order valence-corrected chi connectivity index (χ4v) is 5.08. The summed E-state index contributed by atoms with van der Waals surface area (Å²) in [6.45, 7) is 8.23. The largest absolute Gasteiger partial charge is 0.573 e. The second-order valence-corrected chi connectivity index (χ2v) is 11.7. The Balaban J connectivity index is 1.97. The zero-order chi connectivity index (χ0) is 28.9. The molecule has 9 nitrogen and oxygen atoms in total. The smallest absolute Gasteiger partial charge is 0.507 e. The van der Waals surface area contributed by atoms with Crippen molar-refractivity contribution in [1.82, 2.24) is 15.5 Å². The topological polar surface area (TPSA) is 114 Å². The molecule has 0 spiro atoms. The van der Waals surface area contributed by atoms with Crippen molar-refractivity contribution in [2.24, 2.45) is 0 Å². The predicted molar refractivity (Wildman–Crippen MR) is 124 cm³/mol. The molecule has 2 N–H and O–H groups in total. The summed E-state index contributed by atoms with van der Waals surface area (Å²) in [6, 6.07) is 3.35. The molecule has 1 aromatic carbocycles. The van der Waals surface area contributed by atoms with Crippen molar-refractivity contribution in [1.29, 1.82) is 0 Å². The van der Waals surface area contributed by atoms with Gasteiger partial charge in [0.15, 0.2) is 5.82 Å². The van der Waals surface area contributed by atoms with Crippen LogP contribution in [-0.4, -0.2) is 59.8 Å². The van der Waals surface area contributed by atoms with Gasteiger partial charge in [-0.1, -0.05) is 0 Å². The highest BCUT2D eigenvalue weighted by Gasteiger charge is 2.49. The number of ether oxygens (including phenoxy) is 1. The molecular weight excluding hydrogens is 546 g/mol. The van der Waals surface area contributed by atoms with E-state index < -0.39 is 44.8 Å². The number of hydrogen-bond acceptors (Lipinski definition) is 9. The van der Waals surface area contributed by atoms with Crippen LogP contribution in [0.5, 0.6) is 17.2 Å². The number of benzene rings is 1. The molecule has 0 saturated carbocycles. The first-order valence-corrected chi connectivity index (χ1v) is 12.5. The Hall–Kier alpha value is -3.01. The highest BCUT2D eigenvalue weighted by molar-refractivity contribution is 7.88. The Morgan fingerprint density at radius 1 is 1.03 bits per heavy atom. The third-order valence-electron chi connectivity index (χ3n) is 5.75. The second kappa shape index (κ2) is 9.63. The fraction of sp³-hybridized carbons (Fsp3) is 0.545. The number of anilines is 1. The van der Waals surface area contributed by atoms with Crippen molar-refractivity contribution in [2.45, 2.75) is 69.5 Å². The van der Waals surface area contributed by atoms with Crippen molar-refractivity contribution in [3.63, 3.8) is 0 Å². The summed E-state index contributed by atoms with van der Waals surface area (Å²) in [4.78, 5) is 1.87. The molecular formula is C22H26F6N4O5S. The Morgan fingerprint density at radius 3 is 2.08 bits per heavy atom. The molecule has 16 heteroatoms. The average molecular weight is 573 g/mol. The van der Waals surface area contributed by atoms with Crippen LogP contribution in [0.1, 0.15) is 40.5 Å². The van der Waals surface area contributed by atoms with Crippen LogP contribution < -0.4 is 19.1 Å². The molecule has 0 aliphatic carbocycles. The highest BCUT2D eigenvalue weighted by Crippen LogP contribution is 2.43. The molecule has 0 atom stereocenters. The van der Waals surface area contributed by atoms with Crippen LogP contribution in [0.2, 0.25) is 0 Å². The van der Waals surface area contributed by atoms with E-state index in [1.807, 2.05) is 4.90 Å². The first-order chi connectivity index (χ1) is 17.1. The van der Waals surface area contributed by atoms with Gasteiger partial charge >= 0.3 is 22.0 Å². The Morgan fingerprint density at radius 2 is 1.61 bits per heavy atom. The second-order valence-electron chi connectivity index (χ2n) is 10.2. The minimum absolute atomic E-state index is 0.0333. The molecule has 0 amide bonds. The summed E-state index contributed by atoms with van der Waals surface area (Å²) in [5.74, 6) is -3.22. The van der Waals surface area contributed by atoms with Crippen molar-refractivity contribution in [3.8, 4) is 28.5 Å². The lowest BCUT2D eigenvalue weighted by molar-refractivity contribution is -0.274. The van der Waals surface area contributed by atoms with Crippen LogP contribution in [0, 0.1) is 0 Å². The molecule has 0 radical (unpaired) electrons. The van der Waals surface area contributed by atoms with Gasteiger partial charge in [0.05, 0.1) is 5.56 Å². The number of halogens is 6. The first-order valence-electron chi connectivity index (χ1n) is 11.1. The molecule has 0 bridgehead atoms. The average Bonchev–Trinajstić information content (AvgIpc) is 2.68. The summed E-state index contributed by atoms with van der Waals surface area (Å²) in [5, 5.41) is 21.8. The molecule has 0 unspecified atom stereocenters. The Labute approximate surface area is 214 Å². The van der Waals surface area contributed by atoms with Gasteiger partial charge in [0.25, 0.3) is 0 Å². The lowest BCUT2D eigenvalue weighted by Crippen LogP contribution is -2.62. The van der Waals surface area contributed by atoms with E-state index >= 15 is 0 Å². The molecule has 1 saturated heterocycles. The molecule has 1 fully saturated rings. The number of nitrogens with zero attached hydrogens (tertiary/aromatic N) is 3. The van der Waals surface area contributed by atoms with Crippen LogP contribution in [0.4, 0.5) is 32.2 Å². The number of alkyl halides is 6. The van der Waals surface area contributed by atoms with E-state index in [1.165, 1.54) is 12.1 Å². The normalized spacial score (nSPS) is 18.2. The number of aromatic hydroxyl groups is 1. The van der Waals surface area contributed by atoms with Crippen LogP contribution in [0.25, 0.3) is 11.3 Å². The van der Waals surface area contributed by atoms with Crippen molar-refractivity contribution < 1.29 is 48.8 Å². The summed E-state index contributed by atoms with van der Waals surface area (Å²) in [5.41, 5.74) is -7.25. The maximum Gasteiger partial charge on any atom is 0.573 e. The summed E-state index contributed by atoms with van der Waals surface area (Å²) >= 11 is 0. The lowest BCUT2D eigenvalue weighted by Gasteiger charge is -2.49. The standard InChI is InChI=1S/C22H26F6N4O5S/c1-19(2)10-12(11-20(3,4)31-19)32(5)17-7-6-14(29-30-17)18-15(33)8-13(9-16(18)36-21(23,24)25)37-38(34,35)22(26,27)28/h6-9,12,31,33H,10-11H2,1-5H3. The van der Waals surface area contributed by atoms with E-state index in [0.717, 1.165) is 12.8 Å². The van der Waals surface area contributed by atoms with E-state index in [2.05, 4.69) is 52.1 Å². The van der Waals surface area contributed by atoms with Gasteiger partial charge in [0.1, 0.15) is 22.9 Å². The van der Waals surface area contributed by atoms with Gasteiger partial charge in [-0.15, -0.1) is 23.4 Å². The number of piperidine rings is 1. The fourth-order valence-electron chi connectivity index (χ4n) is 4.64. The van der Waals surface area contributed by atoms with Crippen molar-refractivity contribution in [2.75, 3.05) is 11.9 Å². The zero-order valence-electron chi connectivity index (χ0n) is 20.9. The van der Waals surface area contributed by atoms with Gasteiger partial charge in [0.2, 0.25) is 0 Å². The van der Waals surface area contributed by atoms with Crippen LogP contribution in [0.15, 0.2) is 24.3 Å². The summed E-state index contributed by atoms with van der Waals surface area (Å²) < 4.78 is 107. The Bertz CT molecular complexity index is 1260. The molecule has 38 heavy (non-hydrogen) atoms. The predicted octanol–water partition coefficient (Wildman–Crippen LogP) is 4.72. The van der Waals surface area contributed by atoms with Crippen molar-refractivity contribution >= 4 is 15.9 Å². The third kappa shape index (κ3) is 6.89. The highest BCUT2D eigenvalue weighted by atomic mass is 32.2. The van der Waals surface area contributed by atoms with Crippen LogP contribution in [-0.2, 0) is 10.1 Å². The summed E-state index contributed by atoms with van der Waals surface area (Å²) in [7, 11) is -4.45. The van der Waals surface area contributed by atoms with Gasteiger partial charge in [-0.05, 0) is 52.7 Å². The van der Waals surface area contributed by atoms with Crippen LogP contribution in [0.3, 0.4) is 0 Å². The molecule has 2 heterocycles. The lowest BCUT2D eigenvalue weighted by atomic mass is 9.79. The molecule has 1 aliphatic heterocycles. The van der Waals surface area contributed by atoms with E-state index in [4.69, 9.17) is 0 Å². The molecule has 212 valence electrons. The van der Waals surface area contributed by atoms with Crippen LogP contribution >= 0.6 is 0 Å². The van der Waals surface area contributed by atoms with Gasteiger partial charge < -0.3 is 24.2 Å². The molecule has 2 aromatic rings. The van der Waals surface area contributed by atoms with E-state index in [-0.39, 0.29) is 28.9 Å². The van der Waals surface area contributed by atoms with Gasteiger partial charge in [0, 0.05) is 36.3 Å². The summed E-state index contributed by atoms with van der Waals surface area (Å²) in [6.07, 6.45) is -3.85. The maximum atomic E-state index is 13.0. The van der Waals surface area contributed by atoms with E-state index in [1.54, 1.807) is 7.05 Å². The zero-order valence-corrected chi connectivity index (χ0v) is 21.7. The SMILES string of the molecule is CN(c1ccc(-c2c(O)cc(OS(=O)(=O)C(F)(F)F)cc2OC(F)(F)F)nn1)C1CC(C)(C)NC(C)(C)C1. The number of hydrogen-bond donors (Lipinski definition) is 2. The van der Waals surface area contributed by atoms with E-state index in [0.29, 0.717) is 11.9 Å². The van der Waals surface area contributed by atoms with Gasteiger partial charge in [-0.3, -0.25) is 0 Å². The molecule has 1 aromatic heterocycles. The minimum Gasteiger partial charge on any atom is -0.507 e. The monoisotopic (exact) mass is 572 g/mol. The maximum absolute atomic E-state index is 13.0.